The standard InChI is InChI=1S/C14H18FNO3S/c1-14(2,3)20(19)16-11-7-5-8-9(13(17)18)4-6-10(15)12(8)11/h4,6,11,16H,5,7H2,1-3H3,(H,17,18)/t11-,20?/m0/s1. The summed E-state index contributed by atoms with van der Waals surface area (Å²) in [6.07, 6.45) is 1.03. The van der Waals surface area contributed by atoms with E-state index in [1.807, 2.05) is 20.8 Å². The molecule has 6 heteroatoms. The van der Waals surface area contributed by atoms with Crippen LogP contribution in [0.1, 0.15) is 54.7 Å². The number of benzene rings is 1. The summed E-state index contributed by atoms with van der Waals surface area (Å²) in [7, 11) is 0. The van der Waals surface area contributed by atoms with Gasteiger partial charge in [0.15, 0.2) is 0 Å². The van der Waals surface area contributed by atoms with Crippen molar-refractivity contribution in [2.45, 2.75) is 44.4 Å². The second kappa shape index (κ2) is 5.35. The van der Waals surface area contributed by atoms with Gasteiger partial charge in [-0.15, -0.1) is 4.72 Å². The Labute approximate surface area is 120 Å². The van der Waals surface area contributed by atoms with Gasteiger partial charge in [0.1, 0.15) is 10.6 Å². The minimum Gasteiger partial charge on any atom is -0.598 e. The fourth-order valence-corrected chi connectivity index (χ4v) is 3.19. The molecule has 0 saturated heterocycles. The number of hydrogen-bond acceptors (Lipinski definition) is 3. The summed E-state index contributed by atoms with van der Waals surface area (Å²) in [4.78, 5) is 11.2. The monoisotopic (exact) mass is 299 g/mol. The van der Waals surface area contributed by atoms with Crippen LogP contribution in [0.25, 0.3) is 0 Å². The molecule has 4 nitrogen and oxygen atoms in total. The largest absolute Gasteiger partial charge is 0.598 e. The predicted molar refractivity (Wildman–Crippen MR) is 75.5 cm³/mol. The number of nitrogens with one attached hydrogen (secondary N) is 1. The Morgan fingerprint density at radius 2 is 2.15 bits per heavy atom. The third kappa shape index (κ3) is 2.82. The molecule has 0 heterocycles. The molecule has 0 spiro atoms. The molecular formula is C14H18FNO3S. The van der Waals surface area contributed by atoms with E-state index in [1.54, 1.807) is 0 Å². The average Bonchev–Trinajstić information content (AvgIpc) is 2.72. The molecule has 110 valence electrons. The van der Waals surface area contributed by atoms with E-state index in [-0.39, 0.29) is 5.56 Å². The van der Waals surface area contributed by atoms with Gasteiger partial charge in [0.25, 0.3) is 0 Å². The lowest BCUT2D eigenvalue weighted by atomic mass is 10.0. The fraction of sp³-hybridized carbons (Fsp3) is 0.500. The second-order valence-corrected chi connectivity index (χ2v) is 7.88. The Kier molecular flexibility index (Phi) is 4.09. The Hall–Kier alpha value is -1.11. The molecule has 2 atom stereocenters. The van der Waals surface area contributed by atoms with Crippen molar-refractivity contribution in [2.75, 3.05) is 0 Å². The SMILES string of the molecule is CC(C)(C)[S+]([O-])N[C@H]1CCc2c(C(=O)O)ccc(F)c21. The molecule has 0 radical (unpaired) electrons. The molecule has 1 unspecified atom stereocenters. The van der Waals surface area contributed by atoms with E-state index in [9.17, 15) is 13.7 Å². The molecule has 2 rings (SSSR count). The minimum absolute atomic E-state index is 0.132. The smallest absolute Gasteiger partial charge is 0.335 e. The first kappa shape index (κ1) is 15.3. The van der Waals surface area contributed by atoms with Crippen LogP contribution in [0.2, 0.25) is 0 Å². The van der Waals surface area contributed by atoms with Crippen LogP contribution in [0, 0.1) is 5.82 Å². The highest BCUT2D eigenvalue weighted by Crippen LogP contribution is 2.36. The summed E-state index contributed by atoms with van der Waals surface area (Å²) in [5.74, 6) is -1.50. The molecule has 0 fully saturated rings. The molecule has 20 heavy (non-hydrogen) atoms. The van der Waals surface area contributed by atoms with Gasteiger partial charge in [-0.25, -0.2) is 9.18 Å². The van der Waals surface area contributed by atoms with E-state index < -0.39 is 33.9 Å². The Morgan fingerprint density at radius 3 is 2.70 bits per heavy atom. The quantitative estimate of drug-likeness (QED) is 0.841. The summed E-state index contributed by atoms with van der Waals surface area (Å²) in [6, 6.07) is 2.06. The van der Waals surface area contributed by atoms with Crippen molar-refractivity contribution in [1.82, 2.24) is 4.72 Å². The van der Waals surface area contributed by atoms with Crippen LogP contribution in [0.3, 0.4) is 0 Å². The molecule has 2 N–H and O–H groups in total. The van der Waals surface area contributed by atoms with Crippen LogP contribution in [0.5, 0.6) is 0 Å². The van der Waals surface area contributed by atoms with Gasteiger partial charge in [0.2, 0.25) is 0 Å². The molecule has 0 aliphatic heterocycles. The van der Waals surface area contributed by atoms with Gasteiger partial charge in [-0.05, 0) is 51.3 Å². The molecule has 1 aliphatic rings. The lowest BCUT2D eigenvalue weighted by Crippen LogP contribution is -2.40. The van der Waals surface area contributed by atoms with Crippen molar-refractivity contribution >= 4 is 17.3 Å². The first-order valence-corrected chi connectivity index (χ1v) is 7.59. The van der Waals surface area contributed by atoms with E-state index in [0.29, 0.717) is 24.0 Å². The zero-order valence-corrected chi connectivity index (χ0v) is 12.5. The highest BCUT2D eigenvalue weighted by Gasteiger charge is 2.36. The van der Waals surface area contributed by atoms with Gasteiger partial charge in [-0.2, -0.15) is 0 Å². The van der Waals surface area contributed by atoms with E-state index >= 15 is 0 Å². The average molecular weight is 299 g/mol. The zero-order valence-electron chi connectivity index (χ0n) is 11.7. The molecule has 0 amide bonds. The lowest BCUT2D eigenvalue weighted by molar-refractivity contribution is 0.0695. The number of fused-ring (bicyclic) bond motifs is 1. The van der Waals surface area contributed by atoms with Crippen LogP contribution < -0.4 is 4.72 Å². The first-order valence-electron chi connectivity index (χ1n) is 6.44. The van der Waals surface area contributed by atoms with E-state index in [4.69, 9.17) is 5.11 Å². The Morgan fingerprint density at radius 1 is 1.50 bits per heavy atom. The van der Waals surface area contributed by atoms with Gasteiger partial charge in [0.05, 0.1) is 11.6 Å². The van der Waals surface area contributed by atoms with Crippen LogP contribution in [-0.4, -0.2) is 20.4 Å². The van der Waals surface area contributed by atoms with E-state index in [2.05, 4.69) is 4.72 Å². The van der Waals surface area contributed by atoms with Crippen LogP contribution in [-0.2, 0) is 17.8 Å². The van der Waals surface area contributed by atoms with Crippen molar-refractivity contribution < 1.29 is 18.8 Å². The van der Waals surface area contributed by atoms with E-state index in [1.165, 1.54) is 12.1 Å². The summed E-state index contributed by atoms with van der Waals surface area (Å²) >= 11 is -1.32. The van der Waals surface area contributed by atoms with Crippen molar-refractivity contribution in [3.8, 4) is 0 Å². The molecular weight excluding hydrogens is 281 g/mol. The Bertz CT molecular complexity index is 542. The molecule has 0 aromatic heterocycles. The van der Waals surface area contributed by atoms with Gasteiger partial charge >= 0.3 is 5.97 Å². The van der Waals surface area contributed by atoms with Crippen LogP contribution in [0.15, 0.2) is 12.1 Å². The molecule has 1 aliphatic carbocycles. The molecule has 0 saturated carbocycles. The third-order valence-corrected chi connectivity index (χ3v) is 4.98. The Balaban J connectivity index is 2.33. The summed E-state index contributed by atoms with van der Waals surface area (Å²) in [5.41, 5.74) is 0.996. The maximum atomic E-state index is 14.0. The number of carboxylic acids is 1. The predicted octanol–water partition coefficient (Wildman–Crippen LogP) is 2.56. The minimum atomic E-state index is -1.32. The molecule has 1 aromatic rings. The summed E-state index contributed by atoms with van der Waals surface area (Å²) in [5, 5.41) is 9.13. The van der Waals surface area contributed by atoms with Crippen molar-refractivity contribution in [3.05, 3.63) is 34.6 Å². The summed E-state index contributed by atoms with van der Waals surface area (Å²) in [6.45, 7) is 5.49. The van der Waals surface area contributed by atoms with Crippen molar-refractivity contribution in [1.29, 1.82) is 0 Å². The number of rotatable bonds is 3. The topological polar surface area (TPSA) is 72.4 Å². The third-order valence-electron chi connectivity index (χ3n) is 3.37. The number of hydrogen-bond donors (Lipinski definition) is 2. The van der Waals surface area contributed by atoms with Crippen LogP contribution >= 0.6 is 0 Å². The highest BCUT2D eigenvalue weighted by molar-refractivity contribution is 7.90. The second-order valence-electron chi connectivity index (χ2n) is 5.88. The lowest BCUT2D eigenvalue weighted by Gasteiger charge is -2.26. The van der Waals surface area contributed by atoms with Gasteiger partial charge in [0, 0.05) is 16.9 Å². The molecule has 1 aromatic carbocycles. The van der Waals surface area contributed by atoms with Gasteiger partial charge in [-0.1, -0.05) is 0 Å². The van der Waals surface area contributed by atoms with Crippen molar-refractivity contribution in [3.63, 3.8) is 0 Å². The maximum absolute atomic E-state index is 14.0. The molecule has 0 bridgehead atoms. The van der Waals surface area contributed by atoms with Gasteiger partial charge in [-0.3, -0.25) is 0 Å². The van der Waals surface area contributed by atoms with Gasteiger partial charge < -0.3 is 9.66 Å². The number of halogens is 1. The van der Waals surface area contributed by atoms with Crippen LogP contribution in [0.4, 0.5) is 4.39 Å². The normalized spacial score (nSPS) is 19.8. The number of carbonyl (C=O) groups is 1. The summed E-state index contributed by atoms with van der Waals surface area (Å²) < 4.78 is 28.6. The van der Waals surface area contributed by atoms with E-state index in [0.717, 1.165) is 0 Å². The zero-order chi connectivity index (χ0) is 15.1. The number of aromatic carboxylic acids is 1. The highest BCUT2D eigenvalue weighted by atomic mass is 32.2. The number of carboxylic acid groups (broad SMARTS) is 1. The fourth-order valence-electron chi connectivity index (χ4n) is 2.34. The van der Waals surface area contributed by atoms with Crippen molar-refractivity contribution in [2.24, 2.45) is 0 Å². The first-order chi connectivity index (χ1) is 9.21. The maximum Gasteiger partial charge on any atom is 0.335 e.